The predicted octanol–water partition coefficient (Wildman–Crippen LogP) is 7.87. The molecule has 4 rings (SSSR count). The van der Waals surface area contributed by atoms with E-state index in [1.807, 2.05) is 66.7 Å². The van der Waals surface area contributed by atoms with Gasteiger partial charge in [-0.05, 0) is 54.6 Å². The maximum atomic E-state index is 6.39. The van der Waals surface area contributed by atoms with Crippen LogP contribution in [0.4, 0.5) is 17.1 Å². The molecule has 0 spiro atoms. The van der Waals surface area contributed by atoms with E-state index in [0.29, 0.717) is 0 Å². The Morgan fingerprint density at radius 2 is 1.41 bits per heavy atom. The van der Waals surface area contributed by atoms with E-state index in [2.05, 4.69) is 59.9 Å². The number of nitrogen functional groups attached to an aromatic ring is 1. The molecule has 0 aromatic heterocycles. The van der Waals surface area contributed by atoms with E-state index >= 15 is 0 Å². The molecule has 4 aromatic rings. The molecule has 146 valence electrons. The summed E-state index contributed by atoms with van der Waals surface area (Å²) in [6, 6.07) is 26.5. The van der Waals surface area contributed by atoms with Gasteiger partial charge in [-0.1, -0.05) is 88.7 Å². The molecule has 0 radical (unpaired) electrons. The zero-order chi connectivity index (χ0) is 20.8. The van der Waals surface area contributed by atoms with Gasteiger partial charge in [-0.3, -0.25) is 0 Å². The van der Waals surface area contributed by atoms with E-state index in [1.54, 1.807) is 0 Å². The van der Waals surface area contributed by atoms with E-state index in [4.69, 9.17) is 5.73 Å². The zero-order valence-corrected chi connectivity index (χ0v) is 18.3. The Kier molecular flexibility index (Phi) is 6.73. The summed E-state index contributed by atoms with van der Waals surface area (Å²) >= 11 is 3.35. The normalized spacial score (nSPS) is 10.2. The fourth-order valence-electron chi connectivity index (χ4n) is 3.25. The first-order valence-corrected chi connectivity index (χ1v) is 10.3. The molecule has 0 aliphatic carbocycles. The third-order valence-corrected chi connectivity index (χ3v) is 5.34. The molecular formula is C26H25BrN2. The minimum absolute atomic E-state index is 0.776. The molecule has 0 amide bonds. The summed E-state index contributed by atoms with van der Waals surface area (Å²) in [7, 11) is 0. The molecule has 0 bridgehead atoms. The Hall–Kier alpha value is -3.04. The average Bonchev–Trinajstić information content (AvgIpc) is 2.75. The maximum Gasteiger partial charge on any atom is 0.0660 e. The van der Waals surface area contributed by atoms with Crippen LogP contribution in [0.1, 0.15) is 16.7 Å². The second-order valence-corrected chi connectivity index (χ2v) is 7.78. The number of halogens is 1. The van der Waals surface area contributed by atoms with Gasteiger partial charge < -0.3 is 11.1 Å². The highest BCUT2D eigenvalue weighted by molar-refractivity contribution is 9.10. The molecule has 0 heterocycles. The van der Waals surface area contributed by atoms with Crippen LogP contribution in [-0.2, 0) is 0 Å². The van der Waals surface area contributed by atoms with Crippen LogP contribution in [0.3, 0.4) is 0 Å². The van der Waals surface area contributed by atoms with Crippen molar-refractivity contribution in [1.82, 2.24) is 0 Å². The zero-order valence-electron chi connectivity index (χ0n) is 16.7. The van der Waals surface area contributed by atoms with Crippen molar-refractivity contribution in [2.75, 3.05) is 11.1 Å². The first kappa shape index (κ1) is 20.7. The Morgan fingerprint density at radius 3 is 2.00 bits per heavy atom. The topological polar surface area (TPSA) is 38.0 Å². The maximum absolute atomic E-state index is 6.39. The highest BCUT2D eigenvalue weighted by Crippen LogP contribution is 2.38. The second kappa shape index (κ2) is 9.44. The number of para-hydroxylation sites is 1. The molecule has 0 aliphatic rings. The molecule has 2 nitrogen and oxygen atoms in total. The SMILES string of the molecule is C=Cc1c(C)c(Nc2ccccc2)c(N)c2ccccc12.Cc1ccc(Br)cc1. The lowest BCUT2D eigenvalue weighted by molar-refractivity contribution is 1.44. The Balaban J connectivity index is 0.000000252. The number of aryl methyl sites for hydroxylation is 1. The molecule has 0 aliphatic heterocycles. The van der Waals surface area contributed by atoms with Crippen molar-refractivity contribution < 1.29 is 0 Å². The first-order chi connectivity index (χ1) is 14.0. The number of hydrogen-bond donors (Lipinski definition) is 2. The fraction of sp³-hybridized carbons (Fsp3) is 0.0769. The van der Waals surface area contributed by atoms with Gasteiger partial charge in [0, 0.05) is 15.5 Å². The summed E-state index contributed by atoms with van der Waals surface area (Å²) in [5, 5.41) is 5.63. The smallest absolute Gasteiger partial charge is 0.0660 e. The van der Waals surface area contributed by atoms with Crippen LogP contribution < -0.4 is 11.1 Å². The number of hydrogen-bond acceptors (Lipinski definition) is 2. The van der Waals surface area contributed by atoms with Crippen LogP contribution in [0, 0.1) is 13.8 Å². The molecule has 4 aromatic carbocycles. The number of fused-ring (bicyclic) bond motifs is 1. The molecule has 0 saturated carbocycles. The van der Waals surface area contributed by atoms with E-state index in [-0.39, 0.29) is 0 Å². The molecular weight excluding hydrogens is 420 g/mol. The lowest BCUT2D eigenvalue weighted by Gasteiger charge is -2.18. The number of benzene rings is 4. The van der Waals surface area contributed by atoms with Gasteiger partial charge in [0.15, 0.2) is 0 Å². The summed E-state index contributed by atoms with van der Waals surface area (Å²) < 4.78 is 1.14. The number of nitrogens with two attached hydrogens (primary N) is 1. The molecule has 0 unspecified atom stereocenters. The standard InChI is InChI=1S/C19H18N2.C7H7Br/c1-3-15-13(2)19(21-14-9-5-4-6-10-14)18(20)17-12-8-7-11-16(15)17;1-6-2-4-7(8)5-3-6/h3-12,21H,1,20H2,2H3;2-5H,1H3. The lowest BCUT2D eigenvalue weighted by atomic mass is 9.96. The van der Waals surface area contributed by atoms with Crippen molar-refractivity contribution in [3.63, 3.8) is 0 Å². The van der Waals surface area contributed by atoms with Gasteiger partial charge in [0.05, 0.1) is 11.4 Å². The second-order valence-electron chi connectivity index (χ2n) is 6.86. The third-order valence-electron chi connectivity index (χ3n) is 4.81. The molecule has 0 atom stereocenters. The van der Waals surface area contributed by atoms with Crippen molar-refractivity contribution in [3.05, 3.63) is 107 Å². The Labute approximate surface area is 181 Å². The summed E-state index contributed by atoms with van der Waals surface area (Å²) in [4.78, 5) is 0. The number of anilines is 3. The number of nitrogens with one attached hydrogen (secondary N) is 1. The minimum Gasteiger partial charge on any atom is -0.397 e. The van der Waals surface area contributed by atoms with E-state index in [0.717, 1.165) is 43.4 Å². The first-order valence-electron chi connectivity index (χ1n) is 9.48. The van der Waals surface area contributed by atoms with Gasteiger partial charge in [0.1, 0.15) is 0 Å². The van der Waals surface area contributed by atoms with Gasteiger partial charge in [-0.2, -0.15) is 0 Å². The van der Waals surface area contributed by atoms with Crippen LogP contribution >= 0.6 is 15.9 Å². The van der Waals surface area contributed by atoms with Crippen LogP contribution in [0.25, 0.3) is 16.8 Å². The van der Waals surface area contributed by atoms with Crippen molar-refractivity contribution in [2.24, 2.45) is 0 Å². The van der Waals surface area contributed by atoms with E-state index in [1.165, 1.54) is 5.56 Å². The van der Waals surface area contributed by atoms with Gasteiger partial charge in [0.25, 0.3) is 0 Å². The van der Waals surface area contributed by atoms with Crippen LogP contribution in [-0.4, -0.2) is 0 Å². The van der Waals surface area contributed by atoms with Gasteiger partial charge >= 0.3 is 0 Å². The van der Waals surface area contributed by atoms with Gasteiger partial charge in [-0.25, -0.2) is 0 Å². The Morgan fingerprint density at radius 1 is 0.828 bits per heavy atom. The summed E-state index contributed by atoms with van der Waals surface area (Å²) in [5.74, 6) is 0. The quantitative estimate of drug-likeness (QED) is 0.315. The summed E-state index contributed by atoms with van der Waals surface area (Å²) in [5.41, 5.74) is 12.7. The van der Waals surface area contributed by atoms with Crippen molar-refractivity contribution in [2.45, 2.75) is 13.8 Å². The largest absolute Gasteiger partial charge is 0.397 e. The van der Waals surface area contributed by atoms with Crippen LogP contribution in [0.5, 0.6) is 0 Å². The lowest BCUT2D eigenvalue weighted by Crippen LogP contribution is -2.02. The molecule has 0 fully saturated rings. The van der Waals surface area contributed by atoms with Crippen molar-refractivity contribution >= 4 is 49.8 Å². The van der Waals surface area contributed by atoms with Crippen LogP contribution in [0.2, 0.25) is 0 Å². The Bertz CT molecular complexity index is 1100. The fourth-order valence-corrected chi connectivity index (χ4v) is 3.51. The molecule has 29 heavy (non-hydrogen) atoms. The van der Waals surface area contributed by atoms with Gasteiger partial charge in [0.2, 0.25) is 0 Å². The summed E-state index contributed by atoms with van der Waals surface area (Å²) in [6.45, 7) is 8.10. The highest BCUT2D eigenvalue weighted by atomic mass is 79.9. The molecule has 3 N–H and O–H groups in total. The van der Waals surface area contributed by atoms with Crippen molar-refractivity contribution in [1.29, 1.82) is 0 Å². The van der Waals surface area contributed by atoms with E-state index < -0.39 is 0 Å². The molecule has 0 saturated heterocycles. The minimum atomic E-state index is 0.776. The van der Waals surface area contributed by atoms with Gasteiger partial charge in [-0.15, -0.1) is 0 Å². The summed E-state index contributed by atoms with van der Waals surface area (Å²) in [6.07, 6.45) is 1.90. The van der Waals surface area contributed by atoms with Crippen molar-refractivity contribution in [3.8, 4) is 0 Å². The average molecular weight is 445 g/mol. The highest BCUT2D eigenvalue weighted by Gasteiger charge is 2.13. The van der Waals surface area contributed by atoms with E-state index in [9.17, 15) is 0 Å². The monoisotopic (exact) mass is 444 g/mol. The third kappa shape index (κ3) is 4.87. The number of rotatable bonds is 3. The van der Waals surface area contributed by atoms with Crippen LogP contribution in [0.15, 0.2) is 89.9 Å². The molecule has 3 heteroatoms. The predicted molar refractivity (Wildman–Crippen MR) is 132 cm³/mol.